The minimum absolute atomic E-state index is 1.04. The highest BCUT2D eigenvalue weighted by atomic mass is 14.2. The van der Waals surface area contributed by atoms with Gasteiger partial charge in [-0.3, -0.25) is 0 Å². The molecule has 0 amide bonds. The van der Waals surface area contributed by atoms with Crippen molar-refractivity contribution in [2.24, 2.45) is 0 Å². The average molecular weight is 246 g/mol. The summed E-state index contributed by atoms with van der Waals surface area (Å²) < 4.78 is 0. The van der Waals surface area contributed by atoms with E-state index in [0.29, 0.717) is 0 Å². The van der Waals surface area contributed by atoms with Crippen LogP contribution in [-0.4, -0.2) is 0 Å². The van der Waals surface area contributed by atoms with Crippen LogP contribution >= 0.6 is 0 Å². The summed E-state index contributed by atoms with van der Waals surface area (Å²) in [7, 11) is 0. The molecule has 1 aliphatic rings. The summed E-state index contributed by atoms with van der Waals surface area (Å²) >= 11 is 0. The molecule has 0 saturated heterocycles. The maximum atomic E-state index is 2.37. The number of fused-ring (bicyclic) bond motifs is 1. The van der Waals surface area contributed by atoms with Crippen LogP contribution in [0.3, 0.4) is 0 Å². The standard InChI is InChI=1S/C19H18/c1-2-3-8-16-13-14-17-11-7-12-18(19(16)17)15-9-5-4-6-10-15/h2-7,9-13H,8,14H2,1H3/b3-2+. The Kier molecular flexibility index (Phi) is 3.33. The molecule has 0 heteroatoms. The van der Waals surface area contributed by atoms with Gasteiger partial charge in [-0.2, -0.15) is 0 Å². The van der Waals surface area contributed by atoms with Crippen LogP contribution in [0.15, 0.2) is 66.8 Å². The van der Waals surface area contributed by atoms with E-state index in [1.54, 1.807) is 0 Å². The zero-order valence-electron chi connectivity index (χ0n) is 11.3. The minimum Gasteiger partial charge on any atom is -0.0913 e. The Bertz CT molecular complexity index is 630. The predicted molar refractivity (Wildman–Crippen MR) is 83.0 cm³/mol. The maximum absolute atomic E-state index is 2.37. The molecule has 0 fully saturated rings. The number of rotatable bonds is 3. The first-order chi connectivity index (χ1) is 9.40. The van der Waals surface area contributed by atoms with Gasteiger partial charge in [0.2, 0.25) is 0 Å². The predicted octanol–water partition coefficient (Wildman–Crippen LogP) is 5.26. The lowest BCUT2D eigenvalue weighted by molar-refractivity contribution is 1.31. The molecule has 0 radical (unpaired) electrons. The minimum atomic E-state index is 1.04. The van der Waals surface area contributed by atoms with Gasteiger partial charge in [0, 0.05) is 0 Å². The Labute approximate surface area is 115 Å². The van der Waals surface area contributed by atoms with Gasteiger partial charge in [0.25, 0.3) is 0 Å². The fourth-order valence-electron chi connectivity index (χ4n) is 2.77. The van der Waals surface area contributed by atoms with Crippen LogP contribution in [0.4, 0.5) is 0 Å². The van der Waals surface area contributed by atoms with Crippen molar-refractivity contribution in [2.75, 3.05) is 0 Å². The summed E-state index contributed by atoms with van der Waals surface area (Å²) in [5, 5.41) is 0. The molecule has 0 spiro atoms. The molecule has 0 heterocycles. The van der Waals surface area contributed by atoms with Crippen LogP contribution in [0.1, 0.15) is 24.5 Å². The molecule has 0 aromatic heterocycles. The van der Waals surface area contributed by atoms with Crippen molar-refractivity contribution in [2.45, 2.75) is 19.8 Å². The zero-order chi connectivity index (χ0) is 13.1. The molecule has 0 bridgehead atoms. The van der Waals surface area contributed by atoms with Gasteiger partial charge in [-0.05, 0) is 47.6 Å². The second-order valence-corrected chi connectivity index (χ2v) is 4.91. The summed E-state index contributed by atoms with van der Waals surface area (Å²) in [4.78, 5) is 0. The average Bonchev–Trinajstić information content (AvgIpc) is 2.89. The van der Waals surface area contributed by atoms with Crippen LogP contribution in [-0.2, 0) is 6.42 Å². The molecule has 0 saturated carbocycles. The van der Waals surface area contributed by atoms with Crippen molar-refractivity contribution in [1.29, 1.82) is 0 Å². The Hall–Kier alpha value is -2.08. The molecule has 0 nitrogen and oxygen atoms in total. The normalized spacial score (nSPS) is 13.6. The lowest BCUT2D eigenvalue weighted by Crippen LogP contribution is -1.90. The fourth-order valence-corrected chi connectivity index (χ4v) is 2.77. The highest BCUT2D eigenvalue weighted by molar-refractivity contribution is 5.86. The Balaban J connectivity index is 2.09. The van der Waals surface area contributed by atoms with Crippen molar-refractivity contribution >= 4 is 5.57 Å². The number of hydrogen-bond acceptors (Lipinski definition) is 0. The SMILES string of the molecule is C/C=C/CC1=CCc2cccc(-c3ccccc3)c21. The van der Waals surface area contributed by atoms with E-state index in [1.165, 1.54) is 27.8 Å². The molecule has 2 aromatic rings. The van der Waals surface area contributed by atoms with Crippen molar-refractivity contribution in [1.82, 2.24) is 0 Å². The van der Waals surface area contributed by atoms with E-state index in [9.17, 15) is 0 Å². The highest BCUT2D eigenvalue weighted by Gasteiger charge is 2.17. The van der Waals surface area contributed by atoms with Crippen molar-refractivity contribution in [3.05, 3.63) is 77.9 Å². The molecule has 94 valence electrons. The molecule has 19 heavy (non-hydrogen) atoms. The zero-order valence-corrected chi connectivity index (χ0v) is 11.3. The largest absolute Gasteiger partial charge is 0.0913 e. The molecule has 3 rings (SSSR count). The summed E-state index contributed by atoms with van der Waals surface area (Å²) in [6, 6.07) is 17.3. The third kappa shape index (κ3) is 2.26. The lowest BCUT2D eigenvalue weighted by Gasteiger charge is -2.11. The van der Waals surface area contributed by atoms with E-state index in [0.717, 1.165) is 12.8 Å². The van der Waals surface area contributed by atoms with E-state index in [-0.39, 0.29) is 0 Å². The monoisotopic (exact) mass is 246 g/mol. The second kappa shape index (κ2) is 5.27. The Morgan fingerprint density at radius 3 is 2.63 bits per heavy atom. The van der Waals surface area contributed by atoms with Gasteiger partial charge in [-0.15, -0.1) is 0 Å². The van der Waals surface area contributed by atoms with E-state index < -0.39 is 0 Å². The van der Waals surface area contributed by atoms with Gasteiger partial charge >= 0.3 is 0 Å². The van der Waals surface area contributed by atoms with Crippen molar-refractivity contribution < 1.29 is 0 Å². The van der Waals surface area contributed by atoms with Crippen molar-refractivity contribution in [3.63, 3.8) is 0 Å². The number of hydrogen-bond donors (Lipinski definition) is 0. The number of benzene rings is 2. The van der Waals surface area contributed by atoms with Crippen LogP contribution in [0, 0.1) is 0 Å². The molecule has 0 atom stereocenters. The quantitative estimate of drug-likeness (QED) is 0.648. The maximum Gasteiger partial charge on any atom is -0.00850 e. The van der Waals surface area contributed by atoms with Crippen LogP contribution in [0.25, 0.3) is 16.7 Å². The molecule has 1 aliphatic carbocycles. The van der Waals surface area contributed by atoms with E-state index in [4.69, 9.17) is 0 Å². The number of allylic oxidation sites excluding steroid dienone is 4. The van der Waals surface area contributed by atoms with Gasteiger partial charge in [-0.1, -0.05) is 66.8 Å². The summed E-state index contributed by atoms with van der Waals surface area (Å²) in [6.45, 7) is 2.08. The van der Waals surface area contributed by atoms with Crippen LogP contribution < -0.4 is 0 Å². The van der Waals surface area contributed by atoms with Crippen molar-refractivity contribution in [3.8, 4) is 11.1 Å². The summed E-state index contributed by atoms with van der Waals surface area (Å²) in [5.74, 6) is 0. The fraction of sp³-hybridized carbons (Fsp3) is 0.158. The van der Waals surface area contributed by atoms with E-state index >= 15 is 0 Å². The molecule has 0 N–H and O–H groups in total. The smallest absolute Gasteiger partial charge is 0.00850 e. The second-order valence-electron chi connectivity index (χ2n) is 4.91. The lowest BCUT2D eigenvalue weighted by atomic mass is 9.92. The van der Waals surface area contributed by atoms with Crippen LogP contribution in [0.2, 0.25) is 0 Å². The molecular weight excluding hydrogens is 228 g/mol. The van der Waals surface area contributed by atoms with E-state index in [2.05, 4.69) is 73.7 Å². The van der Waals surface area contributed by atoms with Gasteiger partial charge in [0.15, 0.2) is 0 Å². The molecular formula is C19H18. The Morgan fingerprint density at radius 1 is 1.00 bits per heavy atom. The highest BCUT2D eigenvalue weighted by Crippen LogP contribution is 2.37. The summed E-state index contributed by atoms with van der Waals surface area (Å²) in [5.41, 5.74) is 7.05. The third-order valence-electron chi connectivity index (χ3n) is 3.70. The first-order valence-electron chi connectivity index (χ1n) is 6.88. The van der Waals surface area contributed by atoms with Crippen LogP contribution in [0.5, 0.6) is 0 Å². The third-order valence-corrected chi connectivity index (χ3v) is 3.70. The molecule has 2 aromatic carbocycles. The van der Waals surface area contributed by atoms with E-state index in [1.807, 2.05) is 0 Å². The van der Waals surface area contributed by atoms with Gasteiger partial charge in [0.05, 0.1) is 0 Å². The first-order valence-corrected chi connectivity index (χ1v) is 6.88. The van der Waals surface area contributed by atoms with Gasteiger partial charge in [-0.25, -0.2) is 0 Å². The van der Waals surface area contributed by atoms with Gasteiger partial charge < -0.3 is 0 Å². The topological polar surface area (TPSA) is 0 Å². The molecule has 0 aliphatic heterocycles. The summed E-state index contributed by atoms with van der Waals surface area (Å²) in [6.07, 6.45) is 8.85. The van der Waals surface area contributed by atoms with Gasteiger partial charge in [0.1, 0.15) is 0 Å². The first kappa shape index (κ1) is 12.0. The molecule has 0 unspecified atom stereocenters. The Morgan fingerprint density at radius 2 is 1.84 bits per heavy atom.